The van der Waals surface area contributed by atoms with Gasteiger partial charge < -0.3 is 11.1 Å². The number of nitrogens with one attached hydrogen (secondary N) is 1. The van der Waals surface area contributed by atoms with Gasteiger partial charge in [0.1, 0.15) is 5.82 Å². The van der Waals surface area contributed by atoms with E-state index in [1.165, 1.54) is 37.9 Å². The minimum atomic E-state index is -0.163. The number of hydrogen-bond donors (Lipinski definition) is 2. The fourth-order valence-corrected chi connectivity index (χ4v) is 3.63. The molecule has 0 aliphatic heterocycles. The average molecular weight is 310 g/mol. The maximum absolute atomic E-state index is 12.3. The molecule has 1 fully saturated rings. The SMILES string of the molecule is CC(C)CC1(CNC(=O)c2cc(N)ncc2Cl)CCCC1. The third kappa shape index (κ3) is 4.10. The monoisotopic (exact) mass is 309 g/mol. The number of carbonyl (C=O) groups excluding carboxylic acids is 1. The van der Waals surface area contributed by atoms with Crippen molar-refractivity contribution in [2.24, 2.45) is 11.3 Å². The first kappa shape index (κ1) is 16.1. The van der Waals surface area contributed by atoms with Crippen LogP contribution in [0.25, 0.3) is 0 Å². The third-order valence-corrected chi connectivity index (χ3v) is 4.55. The first-order chi connectivity index (χ1) is 9.92. The number of pyridine rings is 1. The summed E-state index contributed by atoms with van der Waals surface area (Å²) in [5, 5.41) is 3.39. The third-order valence-electron chi connectivity index (χ3n) is 4.25. The van der Waals surface area contributed by atoms with Gasteiger partial charge in [0.2, 0.25) is 0 Å². The van der Waals surface area contributed by atoms with Gasteiger partial charge in [-0.2, -0.15) is 0 Å². The molecular formula is C16H24ClN3O. The lowest BCUT2D eigenvalue weighted by atomic mass is 9.78. The van der Waals surface area contributed by atoms with E-state index in [1.807, 2.05) is 0 Å². The number of anilines is 1. The normalized spacial score (nSPS) is 17.1. The van der Waals surface area contributed by atoms with E-state index < -0.39 is 0 Å². The fraction of sp³-hybridized carbons (Fsp3) is 0.625. The highest BCUT2D eigenvalue weighted by Gasteiger charge is 2.34. The van der Waals surface area contributed by atoms with Crippen LogP contribution in [-0.4, -0.2) is 17.4 Å². The molecule has 1 aromatic rings. The van der Waals surface area contributed by atoms with Crippen LogP contribution in [0.2, 0.25) is 5.02 Å². The van der Waals surface area contributed by atoms with E-state index in [2.05, 4.69) is 24.1 Å². The summed E-state index contributed by atoms with van der Waals surface area (Å²) in [5.74, 6) is 0.784. The Bertz CT molecular complexity index is 510. The minimum absolute atomic E-state index is 0.163. The lowest BCUT2D eigenvalue weighted by molar-refractivity contribution is 0.0922. The molecule has 0 spiro atoms. The van der Waals surface area contributed by atoms with Gasteiger partial charge in [-0.15, -0.1) is 0 Å². The number of halogens is 1. The zero-order valence-corrected chi connectivity index (χ0v) is 13.5. The Labute approximate surface area is 131 Å². The van der Waals surface area contributed by atoms with Gasteiger partial charge in [-0.25, -0.2) is 4.98 Å². The van der Waals surface area contributed by atoms with E-state index in [9.17, 15) is 4.79 Å². The van der Waals surface area contributed by atoms with Gasteiger partial charge in [0.05, 0.1) is 10.6 Å². The topological polar surface area (TPSA) is 68.0 Å². The molecule has 0 saturated heterocycles. The molecule has 1 saturated carbocycles. The van der Waals surface area contributed by atoms with Crippen LogP contribution in [0.15, 0.2) is 12.3 Å². The van der Waals surface area contributed by atoms with Crippen molar-refractivity contribution in [3.8, 4) is 0 Å². The maximum atomic E-state index is 12.3. The summed E-state index contributed by atoms with van der Waals surface area (Å²) >= 11 is 6.03. The number of nitrogens with two attached hydrogens (primary N) is 1. The Morgan fingerprint density at radius 1 is 1.48 bits per heavy atom. The van der Waals surface area contributed by atoms with Gasteiger partial charge in [-0.1, -0.05) is 38.3 Å². The van der Waals surface area contributed by atoms with Crippen LogP contribution < -0.4 is 11.1 Å². The highest BCUT2D eigenvalue weighted by atomic mass is 35.5. The van der Waals surface area contributed by atoms with Gasteiger partial charge in [0.25, 0.3) is 5.91 Å². The second kappa shape index (κ2) is 6.65. The van der Waals surface area contributed by atoms with E-state index in [0.717, 1.165) is 6.42 Å². The summed E-state index contributed by atoms with van der Waals surface area (Å²) in [6.07, 6.45) is 7.47. The second-order valence-electron chi connectivity index (χ2n) is 6.58. The van der Waals surface area contributed by atoms with Gasteiger partial charge in [-0.05, 0) is 36.7 Å². The Kier molecular flexibility index (Phi) is 5.09. The van der Waals surface area contributed by atoms with Crippen molar-refractivity contribution < 1.29 is 4.79 Å². The highest BCUT2D eigenvalue weighted by Crippen LogP contribution is 2.42. The lowest BCUT2D eigenvalue weighted by Gasteiger charge is -2.31. The molecular weight excluding hydrogens is 286 g/mol. The predicted octanol–water partition coefficient (Wildman–Crippen LogP) is 3.65. The number of hydrogen-bond acceptors (Lipinski definition) is 3. The standard InChI is InChI=1S/C16H24ClN3O/c1-11(2)8-16(5-3-4-6-16)10-20-15(21)12-7-14(18)19-9-13(12)17/h7,9,11H,3-6,8,10H2,1-2H3,(H2,18,19)(H,20,21). The molecule has 5 heteroatoms. The molecule has 1 heterocycles. The number of nitrogens with zero attached hydrogens (tertiary/aromatic N) is 1. The van der Waals surface area contributed by atoms with Crippen LogP contribution in [0.3, 0.4) is 0 Å². The Hall–Kier alpha value is -1.29. The van der Waals surface area contributed by atoms with E-state index in [-0.39, 0.29) is 11.3 Å². The molecule has 1 aliphatic carbocycles. The molecule has 0 unspecified atom stereocenters. The molecule has 0 bridgehead atoms. The van der Waals surface area contributed by atoms with Crippen LogP contribution in [0, 0.1) is 11.3 Å². The molecule has 0 radical (unpaired) electrons. The summed E-state index contributed by atoms with van der Waals surface area (Å²) in [6, 6.07) is 1.53. The van der Waals surface area contributed by atoms with E-state index in [4.69, 9.17) is 17.3 Å². The molecule has 21 heavy (non-hydrogen) atoms. The summed E-state index contributed by atoms with van der Waals surface area (Å²) in [6.45, 7) is 5.19. The Balaban J connectivity index is 2.03. The fourth-order valence-electron chi connectivity index (χ4n) is 3.44. The maximum Gasteiger partial charge on any atom is 0.253 e. The van der Waals surface area contributed by atoms with Crippen molar-refractivity contribution in [3.05, 3.63) is 22.8 Å². The number of aromatic nitrogens is 1. The van der Waals surface area contributed by atoms with Crippen molar-refractivity contribution in [3.63, 3.8) is 0 Å². The molecule has 1 aliphatic rings. The molecule has 0 atom stereocenters. The molecule has 1 amide bonds. The molecule has 116 valence electrons. The van der Waals surface area contributed by atoms with Gasteiger partial charge in [-0.3, -0.25) is 4.79 Å². The van der Waals surface area contributed by atoms with Crippen LogP contribution in [-0.2, 0) is 0 Å². The number of amides is 1. The Morgan fingerprint density at radius 2 is 2.14 bits per heavy atom. The van der Waals surface area contributed by atoms with E-state index in [1.54, 1.807) is 0 Å². The van der Waals surface area contributed by atoms with Crippen LogP contribution in [0.5, 0.6) is 0 Å². The summed E-state index contributed by atoms with van der Waals surface area (Å²) in [4.78, 5) is 16.2. The number of nitrogen functional groups attached to an aromatic ring is 1. The number of carbonyl (C=O) groups is 1. The van der Waals surface area contributed by atoms with Gasteiger partial charge in [0, 0.05) is 12.7 Å². The van der Waals surface area contributed by atoms with E-state index in [0.29, 0.717) is 28.9 Å². The molecule has 2 rings (SSSR count). The second-order valence-corrected chi connectivity index (χ2v) is 6.98. The van der Waals surface area contributed by atoms with Crippen molar-refractivity contribution in [1.82, 2.24) is 10.3 Å². The van der Waals surface area contributed by atoms with Crippen LogP contribution in [0.1, 0.15) is 56.3 Å². The number of rotatable bonds is 5. The molecule has 4 nitrogen and oxygen atoms in total. The van der Waals surface area contributed by atoms with Crippen molar-refractivity contribution in [1.29, 1.82) is 0 Å². The van der Waals surface area contributed by atoms with Gasteiger partial charge >= 0.3 is 0 Å². The van der Waals surface area contributed by atoms with Crippen LogP contribution >= 0.6 is 11.6 Å². The Morgan fingerprint density at radius 3 is 2.76 bits per heavy atom. The average Bonchev–Trinajstić information content (AvgIpc) is 2.87. The predicted molar refractivity (Wildman–Crippen MR) is 86.3 cm³/mol. The summed E-state index contributed by atoms with van der Waals surface area (Å²) in [7, 11) is 0. The molecule has 1 aromatic heterocycles. The van der Waals surface area contributed by atoms with E-state index >= 15 is 0 Å². The summed E-state index contributed by atoms with van der Waals surface area (Å²) in [5.41, 5.74) is 6.28. The molecule has 3 N–H and O–H groups in total. The minimum Gasteiger partial charge on any atom is -0.384 e. The van der Waals surface area contributed by atoms with Gasteiger partial charge in [0.15, 0.2) is 0 Å². The molecule has 0 aromatic carbocycles. The van der Waals surface area contributed by atoms with Crippen molar-refractivity contribution in [2.75, 3.05) is 12.3 Å². The zero-order valence-electron chi connectivity index (χ0n) is 12.8. The first-order valence-electron chi connectivity index (χ1n) is 7.61. The smallest absolute Gasteiger partial charge is 0.253 e. The quantitative estimate of drug-likeness (QED) is 0.872. The van der Waals surface area contributed by atoms with Crippen LogP contribution in [0.4, 0.5) is 5.82 Å². The highest BCUT2D eigenvalue weighted by molar-refractivity contribution is 6.33. The van der Waals surface area contributed by atoms with Crippen molar-refractivity contribution in [2.45, 2.75) is 46.0 Å². The summed E-state index contributed by atoms with van der Waals surface area (Å²) < 4.78 is 0. The first-order valence-corrected chi connectivity index (χ1v) is 7.99. The lowest BCUT2D eigenvalue weighted by Crippen LogP contribution is -2.37. The zero-order chi connectivity index (χ0) is 15.5. The largest absolute Gasteiger partial charge is 0.384 e. The van der Waals surface area contributed by atoms with Crippen molar-refractivity contribution >= 4 is 23.3 Å².